The van der Waals surface area contributed by atoms with Crippen LogP contribution in [0.25, 0.3) is 16.0 Å². The number of nitrogens with one attached hydrogen (secondary N) is 1. The zero-order valence-electron chi connectivity index (χ0n) is 19.0. The highest BCUT2D eigenvalue weighted by atomic mass is 35.5. The van der Waals surface area contributed by atoms with Crippen molar-refractivity contribution in [3.05, 3.63) is 92.8 Å². The Labute approximate surface area is 219 Å². The second-order valence-corrected chi connectivity index (χ2v) is 8.68. The maximum absolute atomic E-state index is 13.4. The van der Waals surface area contributed by atoms with Gasteiger partial charge in [-0.15, -0.1) is 10.2 Å². The van der Waals surface area contributed by atoms with Gasteiger partial charge in [0.25, 0.3) is 18.9 Å². The van der Waals surface area contributed by atoms with Crippen LogP contribution in [0.2, 0.25) is 5.02 Å². The summed E-state index contributed by atoms with van der Waals surface area (Å²) >= 11 is 6.93. The number of hydrogen-bond acceptors (Lipinski definition) is 7. The Morgan fingerprint density at radius 2 is 1.95 bits per heavy atom. The van der Waals surface area contributed by atoms with E-state index < -0.39 is 18.0 Å². The second-order valence-electron chi connectivity index (χ2n) is 7.27. The number of aromatic nitrogens is 4. The Balaban J connectivity index is 1.65. The molecular weight excluding hydrogens is 522 g/mol. The number of nitrogens with zero attached hydrogens (tertiary/aromatic N) is 5. The molecule has 0 aliphatic carbocycles. The molecule has 3 aromatic heterocycles. The molecule has 184 valence electrons. The number of pyridine rings is 2. The number of methoxy groups -OCH3 is 1. The number of hydrogen-bond donors (Lipinski definition) is 1. The van der Waals surface area contributed by atoms with Gasteiger partial charge < -0.3 is 9.58 Å². The highest BCUT2D eigenvalue weighted by molar-refractivity contribution is 7.15. The maximum atomic E-state index is 13.4. The molecule has 8 nitrogen and oxygen atoms in total. The molecule has 0 radical (unpaired) electrons. The number of ether oxygens (including phenoxy) is 1. The van der Waals surface area contributed by atoms with Crippen LogP contribution in [0, 0.1) is 18.4 Å². The van der Waals surface area contributed by atoms with E-state index in [-0.39, 0.29) is 34.1 Å². The summed E-state index contributed by atoms with van der Waals surface area (Å²) in [6.45, 7) is 7.05. The van der Waals surface area contributed by atoms with Crippen molar-refractivity contribution in [3.8, 4) is 28.7 Å². The molecule has 1 amide bonds. The molecule has 0 atom stereocenters. The minimum Gasteiger partial charge on any atom is -0.494 e. The maximum Gasteiger partial charge on any atom is 0.280 e. The van der Waals surface area contributed by atoms with Gasteiger partial charge in [0.15, 0.2) is 5.01 Å². The van der Waals surface area contributed by atoms with Gasteiger partial charge in [0.1, 0.15) is 17.1 Å². The fraction of sp³-hybridized carbons (Fsp3) is 0.120. The van der Waals surface area contributed by atoms with Crippen molar-refractivity contribution in [1.29, 1.82) is 0 Å². The van der Waals surface area contributed by atoms with Crippen molar-refractivity contribution < 1.29 is 18.3 Å². The van der Waals surface area contributed by atoms with E-state index >= 15 is 0 Å². The molecule has 0 unspecified atom stereocenters. The molecule has 4 rings (SSSR count). The van der Waals surface area contributed by atoms with Crippen LogP contribution >= 0.6 is 22.9 Å². The molecule has 0 saturated heterocycles. The van der Waals surface area contributed by atoms with Gasteiger partial charge in [0, 0.05) is 27.9 Å². The minimum absolute atomic E-state index is 0.0578. The Bertz CT molecular complexity index is 1560. The monoisotopic (exact) mass is 536 g/mol. The van der Waals surface area contributed by atoms with Crippen molar-refractivity contribution >= 4 is 34.0 Å². The molecule has 1 N–H and O–H groups in total. The number of anilines is 1. The molecule has 0 bridgehead atoms. The van der Waals surface area contributed by atoms with E-state index in [0.717, 1.165) is 29.2 Å². The number of benzene rings is 1. The Hall–Kier alpha value is -4.45. The molecule has 0 saturated carbocycles. The highest BCUT2D eigenvalue weighted by Crippen LogP contribution is 2.35. The summed E-state index contributed by atoms with van der Waals surface area (Å²) in [5.74, 6) is 5.37. The van der Waals surface area contributed by atoms with Crippen LogP contribution in [0.15, 0.2) is 48.8 Å². The predicted octanol–water partition coefficient (Wildman–Crippen LogP) is 5.67. The molecule has 0 fully saturated rings. The average Bonchev–Trinajstić information content (AvgIpc) is 3.35. The Kier molecular flexibility index (Phi) is 7.98. The lowest BCUT2D eigenvalue weighted by molar-refractivity contribution is 0.102. The first-order valence-corrected chi connectivity index (χ1v) is 11.6. The number of carbonyl (C=O) groups excluding carboxylic acids is 1. The van der Waals surface area contributed by atoms with E-state index in [9.17, 15) is 13.6 Å². The van der Waals surface area contributed by atoms with Crippen molar-refractivity contribution in [2.24, 2.45) is 0 Å². The molecule has 4 aromatic rings. The fourth-order valence-electron chi connectivity index (χ4n) is 3.17. The van der Waals surface area contributed by atoms with Crippen molar-refractivity contribution in [2.45, 2.75) is 13.0 Å². The number of carbonyl (C=O) groups is 1. The van der Waals surface area contributed by atoms with Crippen LogP contribution in [0.5, 0.6) is 5.75 Å². The molecule has 0 aliphatic rings. The van der Waals surface area contributed by atoms with E-state index in [1.165, 1.54) is 19.4 Å². The van der Waals surface area contributed by atoms with E-state index in [2.05, 4.69) is 42.2 Å². The topological polar surface area (TPSA) is 94.2 Å². The lowest BCUT2D eigenvalue weighted by atomic mass is 9.99. The first-order valence-electron chi connectivity index (χ1n) is 10.4. The summed E-state index contributed by atoms with van der Waals surface area (Å²) in [5.41, 5.74) is 1.11. The zero-order valence-corrected chi connectivity index (χ0v) is 20.6. The standard InChI is InChI=1S/C25H15ClF2N6O2S/c1-29-11-16-9-17(18-10-20(23(27)28)31-13-21(18)36-2)19(12-30-16)24(35)32-25-34-33-22(37-25)8-5-14-3-6-15(26)7-4-14/h3-4,6-7,9-10,12-13,23H,11H2,2H3,(H,32,34,35). The van der Waals surface area contributed by atoms with Gasteiger partial charge in [0.05, 0.1) is 18.9 Å². The molecule has 1 aromatic carbocycles. The third kappa shape index (κ3) is 6.22. The van der Waals surface area contributed by atoms with Crippen LogP contribution in [-0.2, 0) is 6.54 Å². The molecule has 12 heteroatoms. The van der Waals surface area contributed by atoms with E-state index in [1.54, 1.807) is 24.3 Å². The quantitative estimate of drug-likeness (QED) is 0.252. The lowest BCUT2D eigenvalue weighted by Crippen LogP contribution is -2.14. The summed E-state index contributed by atoms with van der Waals surface area (Å²) < 4.78 is 32.0. The normalized spacial score (nSPS) is 10.4. The van der Waals surface area contributed by atoms with Crippen LogP contribution in [-0.4, -0.2) is 33.2 Å². The molecule has 37 heavy (non-hydrogen) atoms. The summed E-state index contributed by atoms with van der Waals surface area (Å²) in [5, 5.41) is 11.7. The number of amides is 1. The van der Waals surface area contributed by atoms with Gasteiger partial charge in [-0.3, -0.25) is 20.1 Å². The largest absolute Gasteiger partial charge is 0.494 e. The Morgan fingerprint density at radius 3 is 2.65 bits per heavy atom. The molecular formula is C25H15ClF2N6O2S. The van der Waals surface area contributed by atoms with E-state index in [4.69, 9.17) is 22.9 Å². The van der Waals surface area contributed by atoms with Crippen molar-refractivity contribution in [1.82, 2.24) is 20.2 Å². The smallest absolute Gasteiger partial charge is 0.280 e. The number of alkyl halides is 2. The van der Waals surface area contributed by atoms with Gasteiger partial charge in [-0.05, 0) is 42.3 Å². The first kappa shape index (κ1) is 25.6. The van der Waals surface area contributed by atoms with Crippen molar-refractivity contribution in [2.75, 3.05) is 12.4 Å². The fourth-order valence-corrected chi connectivity index (χ4v) is 3.89. The Morgan fingerprint density at radius 1 is 1.16 bits per heavy atom. The van der Waals surface area contributed by atoms with Gasteiger partial charge in [-0.1, -0.05) is 28.9 Å². The SMILES string of the molecule is [C-]#[N+]Cc1cc(-c2cc(C(F)F)ncc2OC)c(C(=O)Nc2nnc(C#Cc3ccc(Cl)cc3)s2)cn1. The molecule has 0 aliphatic heterocycles. The molecule has 0 spiro atoms. The predicted molar refractivity (Wildman–Crippen MR) is 135 cm³/mol. The van der Waals surface area contributed by atoms with Crippen LogP contribution in [0.3, 0.4) is 0 Å². The third-order valence-electron chi connectivity index (χ3n) is 4.87. The summed E-state index contributed by atoms with van der Waals surface area (Å²) in [6.07, 6.45) is -0.403. The van der Waals surface area contributed by atoms with Gasteiger partial charge in [0.2, 0.25) is 5.13 Å². The van der Waals surface area contributed by atoms with Gasteiger partial charge in [-0.2, -0.15) is 0 Å². The second kappa shape index (κ2) is 11.5. The summed E-state index contributed by atoms with van der Waals surface area (Å²) in [4.78, 5) is 24.4. The van der Waals surface area contributed by atoms with Crippen LogP contribution in [0.4, 0.5) is 13.9 Å². The van der Waals surface area contributed by atoms with Crippen LogP contribution < -0.4 is 10.1 Å². The average molecular weight is 537 g/mol. The third-order valence-corrected chi connectivity index (χ3v) is 5.88. The minimum atomic E-state index is -2.83. The molecule has 3 heterocycles. The lowest BCUT2D eigenvalue weighted by Gasteiger charge is -2.14. The number of rotatable bonds is 6. The zero-order chi connectivity index (χ0) is 26.4. The highest BCUT2D eigenvalue weighted by Gasteiger charge is 2.22. The summed E-state index contributed by atoms with van der Waals surface area (Å²) in [6, 6.07) is 9.59. The van der Waals surface area contributed by atoms with Crippen molar-refractivity contribution in [3.63, 3.8) is 0 Å². The van der Waals surface area contributed by atoms with E-state index in [1.807, 2.05) is 0 Å². The van der Waals surface area contributed by atoms with Gasteiger partial charge in [-0.25, -0.2) is 15.4 Å². The first-order chi connectivity index (χ1) is 17.9. The summed E-state index contributed by atoms with van der Waals surface area (Å²) in [7, 11) is 1.36. The van der Waals surface area contributed by atoms with Gasteiger partial charge >= 0.3 is 0 Å². The van der Waals surface area contributed by atoms with E-state index in [0.29, 0.717) is 15.7 Å². The van der Waals surface area contributed by atoms with Crippen LogP contribution in [0.1, 0.15) is 38.7 Å². The number of halogens is 3.